The Morgan fingerprint density at radius 3 is 2.84 bits per heavy atom. The summed E-state index contributed by atoms with van der Waals surface area (Å²) in [6.07, 6.45) is 1.73. The summed E-state index contributed by atoms with van der Waals surface area (Å²) in [6, 6.07) is 10.1. The molecule has 0 unspecified atom stereocenters. The lowest BCUT2D eigenvalue weighted by atomic mass is 10.2. The van der Waals surface area contributed by atoms with Crippen molar-refractivity contribution in [2.45, 2.75) is 6.54 Å². The van der Waals surface area contributed by atoms with Gasteiger partial charge in [0.25, 0.3) is 0 Å². The number of imidazole rings is 1. The van der Waals surface area contributed by atoms with E-state index in [0.717, 1.165) is 9.26 Å². The summed E-state index contributed by atoms with van der Waals surface area (Å²) in [5.41, 5.74) is 1.83. The molecule has 7 heteroatoms. The Bertz CT molecular complexity index is 713. The van der Waals surface area contributed by atoms with Crippen LogP contribution < -0.4 is 5.32 Å². The quantitative estimate of drug-likeness (QED) is 0.704. The highest BCUT2D eigenvalue weighted by atomic mass is 127. The Balaban J connectivity index is 1.92. The van der Waals surface area contributed by atoms with Crippen molar-refractivity contribution >= 4 is 45.7 Å². The summed E-state index contributed by atoms with van der Waals surface area (Å²) in [6.45, 7) is 0.660. The third-order valence-corrected chi connectivity index (χ3v) is 3.49. The third kappa shape index (κ3) is 2.64. The first-order chi connectivity index (χ1) is 9.24. The van der Waals surface area contributed by atoms with Crippen LogP contribution >= 0.6 is 34.2 Å². The van der Waals surface area contributed by atoms with Crippen LogP contribution in [-0.4, -0.2) is 19.6 Å². The number of halogens is 2. The van der Waals surface area contributed by atoms with Crippen molar-refractivity contribution in [2.24, 2.45) is 0 Å². The number of fused-ring (bicyclic) bond motifs is 1. The van der Waals surface area contributed by atoms with E-state index in [2.05, 4.69) is 43.0 Å². The van der Waals surface area contributed by atoms with Crippen LogP contribution in [-0.2, 0) is 6.54 Å². The van der Waals surface area contributed by atoms with Crippen molar-refractivity contribution < 1.29 is 0 Å². The van der Waals surface area contributed by atoms with Crippen molar-refractivity contribution in [3.05, 3.63) is 51.1 Å². The third-order valence-electron chi connectivity index (χ3n) is 2.60. The molecule has 0 spiro atoms. The molecule has 0 aliphatic carbocycles. The standard InChI is InChI=1S/C12H9ClIN5/c13-12-17-10(11-16-7-9(14)19(11)18-12)15-6-8-4-2-1-3-5-8/h1-5,7H,6H2,(H,15,17,18). The van der Waals surface area contributed by atoms with E-state index in [0.29, 0.717) is 18.0 Å². The van der Waals surface area contributed by atoms with Crippen LogP contribution in [0.4, 0.5) is 5.82 Å². The Morgan fingerprint density at radius 1 is 1.26 bits per heavy atom. The maximum Gasteiger partial charge on any atom is 0.243 e. The van der Waals surface area contributed by atoms with E-state index in [1.54, 1.807) is 10.7 Å². The summed E-state index contributed by atoms with van der Waals surface area (Å²) >= 11 is 8.07. The fourth-order valence-corrected chi connectivity index (χ4v) is 2.36. The van der Waals surface area contributed by atoms with Gasteiger partial charge in [-0.2, -0.15) is 4.98 Å². The zero-order valence-electron chi connectivity index (χ0n) is 9.72. The molecule has 0 fully saturated rings. The van der Waals surface area contributed by atoms with Gasteiger partial charge in [-0.3, -0.25) is 0 Å². The van der Waals surface area contributed by atoms with Crippen LogP contribution in [0.3, 0.4) is 0 Å². The van der Waals surface area contributed by atoms with E-state index in [1.807, 2.05) is 30.3 Å². The van der Waals surface area contributed by atoms with Crippen molar-refractivity contribution in [3.8, 4) is 0 Å². The summed E-state index contributed by atoms with van der Waals surface area (Å²) in [7, 11) is 0. The first-order valence-electron chi connectivity index (χ1n) is 5.58. The molecule has 0 saturated carbocycles. The van der Waals surface area contributed by atoms with Crippen LogP contribution in [0.25, 0.3) is 5.65 Å². The lowest BCUT2D eigenvalue weighted by molar-refractivity contribution is 0.877. The molecule has 0 saturated heterocycles. The lowest BCUT2D eigenvalue weighted by Crippen LogP contribution is -2.06. The maximum absolute atomic E-state index is 5.92. The average molecular weight is 386 g/mol. The molecule has 0 aliphatic heterocycles. The zero-order chi connectivity index (χ0) is 13.2. The fraction of sp³-hybridized carbons (Fsp3) is 0.0833. The van der Waals surface area contributed by atoms with Crippen LogP contribution in [0.15, 0.2) is 36.5 Å². The van der Waals surface area contributed by atoms with Gasteiger partial charge in [0.1, 0.15) is 3.70 Å². The highest BCUT2D eigenvalue weighted by molar-refractivity contribution is 14.1. The highest BCUT2D eigenvalue weighted by Crippen LogP contribution is 2.18. The Kier molecular flexibility index (Phi) is 3.52. The molecule has 1 aromatic carbocycles. The monoisotopic (exact) mass is 385 g/mol. The molecule has 0 atom stereocenters. The fourth-order valence-electron chi connectivity index (χ4n) is 1.73. The van der Waals surface area contributed by atoms with E-state index in [-0.39, 0.29) is 5.28 Å². The second-order valence-corrected chi connectivity index (χ2v) is 5.33. The number of hydrogen-bond donors (Lipinski definition) is 1. The van der Waals surface area contributed by atoms with E-state index in [4.69, 9.17) is 11.6 Å². The van der Waals surface area contributed by atoms with Crippen molar-refractivity contribution in [1.82, 2.24) is 19.6 Å². The summed E-state index contributed by atoms with van der Waals surface area (Å²) in [5, 5.41) is 7.54. The summed E-state index contributed by atoms with van der Waals surface area (Å²) in [5.74, 6) is 0.631. The van der Waals surface area contributed by atoms with Gasteiger partial charge in [0.15, 0.2) is 11.5 Å². The van der Waals surface area contributed by atoms with E-state index < -0.39 is 0 Å². The van der Waals surface area contributed by atoms with E-state index in [1.165, 1.54) is 0 Å². The van der Waals surface area contributed by atoms with Crippen LogP contribution in [0.5, 0.6) is 0 Å². The number of nitrogens with one attached hydrogen (secondary N) is 1. The van der Waals surface area contributed by atoms with Gasteiger partial charge in [-0.15, -0.1) is 5.10 Å². The Hall–Kier alpha value is -1.41. The molecule has 2 aromatic heterocycles. The second-order valence-electron chi connectivity index (χ2n) is 3.88. The van der Waals surface area contributed by atoms with Crippen LogP contribution in [0.2, 0.25) is 5.28 Å². The van der Waals surface area contributed by atoms with Crippen molar-refractivity contribution in [1.29, 1.82) is 0 Å². The molecule has 5 nitrogen and oxygen atoms in total. The number of benzene rings is 1. The molecular weight excluding hydrogens is 377 g/mol. The molecule has 19 heavy (non-hydrogen) atoms. The van der Waals surface area contributed by atoms with Crippen molar-refractivity contribution in [3.63, 3.8) is 0 Å². The molecule has 0 amide bonds. The molecule has 3 aromatic rings. The van der Waals surface area contributed by atoms with Gasteiger partial charge in [-0.05, 0) is 39.8 Å². The van der Waals surface area contributed by atoms with Gasteiger partial charge in [0.2, 0.25) is 5.28 Å². The second kappa shape index (κ2) is 5.30. The number of rotatable bonds is 3. The van der Waals surface area contributed by atoms with Gasteiger partial charge in [0, 0.05) is 6.54 Å². The number of aromatic nitrogens is 4. The van der Waals surface area contributed by atoms with Crippen LogP contribution in [0, 0.1) is 3.70 Å². The zero-order valence-corrected chi connectivity index (χ0v) is 12.6. The summed E-state index contributed by atoms with van der Waals surface area (Å²) in [4.78, 5) is 8.47. The SMILES string of the molecule is Clc1nc(NCc2ccccc2)c2ncc(I)n2n1. The van der Waals surface area contributed by atoms with E-state index >= 15 is 0 Å². The average Bonchev–Trinajstić information content (AvgIpc) is 2.79. The molecule has 0 radical (unpaired) electrons. The van der Waals surface area contributed by atoms with Gasteiger partial charge >= 0.3 is 0 Å². The first-order valence-corrected chi connectivity index (χ1v) is 7.04. The minimum absolute atomic E-state index is 0.193. The smallest absolute Gasteiger partial charge is 0.243 e. The van der Waals surface area contributed by atoms with Crippen LogP contribution in [0.1, 0.15) is 5.56 Å². The number of nitrogens with zero attached hydrogens (tertiary/aromatic N) is 4. The van der Waals surface area contributed by atoms with Gasteiger partial charge in [0.05, 0.1) is 6.20 Å². The predicted octanol–water partition coefficient (Wildman–Crippen LogP) is 2.99. The molecule has 3 rings (SSSR count). The largest absolute Gasteiger partial charge is 0.363 e. The van der Waals surface area contributed by atoms with Gasteiger partial charge in [-0.1, -0.05) is 30.3 Å². The normalized spacial score (nSPS) is 10.8. The Morgan fingerprint density at radius 2 is 2.05 bits per heavy atom. The summed E-state index contributed by atoms with van der Waals surface area (Å²) < 4.78 is 2.56. The first kappa shape index (κ1) is 12.6. The van der Waals surface area contributed by atoms with E-state index in [9.17, 15) is 0 Å². The molecule has 0 bridgehead atoms. The molecule has 0 aliphatic rings. The minimum atomic E-state index is 0.193. The maximum atomic E-state index is 5.92. The number of hydrogen-bond acceptors (Lipinski definition) is 4. The topological polar surface area (TPSA) is 55.1 Å². The molecule has 2 heterocycles. The van der Waals surface area contributed by atoms with Gasteiger partial charge < -0.3 is 5.32 Å². The highest BCUT2D eigenvalue weighted by Gasteiger charge is 2.10. The lowest BCUT2D eigenvalue weighted by Gasteiger charge is -2.07. The molecular formula is C12H9ClIN5. The van der Waals surface area contributed by atoms with Gasteiger partial charge in [-0.25, -0.2) is 9.50 Å². The Labute approximate surface area is 128 Å². The molecule has 96 valence electrons. The molecule has 1 N–H and O–H groups in total. The predicted molar refractivity (Wildman–Crippen MR) is 82.3 cm³/mol. The van der Waals surface area contributed by atoms with Crippen molar-refractivity contribution in [2.75, 3.05) is 5.32 Å². The minimum Gasteiger partial charge on any atom is -0.363 e. The number of anilines is 1.